The van der Waals surface area contributed by atoms with E-state index in [1.807, 2.05) is 11.8 Å². The zero-order valence-electron chi connectivity index (χ0n) is 10.4. The van der Waals surface area contributed by atoms with E-state index in [0.717, 1.165) is 12.2 Å². The predicted octanol–water partition coefficient (Wildman–Crippen LogP) is 4.31. The molecule has 0 radical (unpaired) electrons. The molecule has 0 aromatic heterocycles. The quantitative estimate of drug-likeness (QED) is 0.792. The van der Waals surface area contributed by atoms with Crippen molar-refractivity contribution in [3.63, 3.8) is 0 Å². The fraction of sp³-hybridized carbons (Fsp3) is 0.533. The summed E-state index contributed by atoms with van der Waals surface area (Å²) in [7, 11) is 0. The van der Waals surface area contributed by atoms with Crippen LogP contribution in [-0.4, -0.2) is 5.25 Å². The van der Waals surface area contributed by atoms with Crippen LogP contribution in [0, 0.1) is 24.2 Å². The molecule has 1 aromatic rings. The van der Waals surface area contributed by atoms with Crippen molar-refractivity contribution in [1.29, 1.82) is 5.26 Å². The van der Waals surface area contributed by atoms with Crippen molar-refractivity contribution in [2.45, 2.75) is 43.6 Å². The highest BCUT2D eigenvalue weighted by atomic mass is 32.2. The van der Waals surface area contributed by atoms with E-state index < -0.39 is 0 Å². The van der Waals surface area contributed by atoms with Crippen molar-refractivity contribution in [3.8, 4) is 6.07 Å². The summed E-state index contributed by atoms with van der Waals surface area (Å²) in [5, 5.41) is 9.69. The Kier molecular flexibility index (Phi) is 4.50. The number of aryl methyl sites for hydroxylation is 1. The molecular formula is C15H19NS. The first-order valence-electron chi connectivity index (χ1n) is 6.36. The van der Waals surface area contributed by atoms with Crippen LogP contribution < -0.4 is 0 Å². The van der Waals surface area contributed by atoms with E-state index in [1.165, 1.54) is 30.4 Å². The number of nitrogens with zero attached hydrogens (tertiary/aromatic N) is 1. The average molecular weight is 245 g/mol. The molecule has 1 aromatic carbocycles. The molecule has 0 saturated heterocycles. The van der Waals surface area contributed by atoms with Gasteiger partial charge in [0.15, 0.2) is 0 Å². The van der Waals surface area contributed by atoms with Crippen molar-refractivity contribution in [2.75, 3.05) is 0 Å². The second-order valence-electron chi connectivity index (χ2n) is 4.86. The molecule has 1 aliphatic carbocycles. The minimum absolute atomic E-state index is 0.276. The van der Waals surface area contributed by atoms with Gasteiger partial charge in [0.1, 0.15) is 0 Å². The van der Waals surface area contributed by atoms with Gasteiger partial charge in [0.05, 0.1) is 12.0 Å². The van der Waals surface area contributed by atoms with Crippen LogP contribution in [0.5, 0.6) is 0 Å². The van der Waals surface area contributed by atoms with Crippen LogP contribution in [0.2, 0.25) is 0 Å². The molecule has 2 unspecified atom stereocenters. The molecule has 0 spiro atoms. The molecule has 2 atom stereocenters. The Morgan fingerprint density at radius 3 is 2.94 bits per heavy atom. The van der Waals surface area contributed by atoms with E-state index in [-0.39, 0.29) is 5.92 Å². The Labute approximate surface area is 108 Å². The monoisotopic (exact) mass is 245 g/mol. The number of rotatable bonds is 3. The maximum atomic E-state index is 9.14. The van der Waals surface area contributed by atoms with Crippen LogP contribution in [0.4, 0.5) is 0 Å². The Balaban J connectivity index is 1.91. The highest BCUT2D eigenvalue weighted by Crippen LogP contribution is 2.34. The highest BCUT2D eigenvalue weighted by molar-refractivity contribution is 7.99. The zero-order valence-corrected chi connectivity index (χ0v) is 11.2. The lowest BCUT2D eigenvalue weighted by Gasteiger charge is -2.26. The van der Waals surface area contributed by atoms with E-state index >= 15 is 0 Å². The maximum absolute atomic E-state index is 9.14. The van der Waals surface area contributed by atoms with E-state index in [9.17, 15) is 0 Å². The second-order valence-corrected chi connectivity index (χ2v) is 6.09. The van der Waals surface area contributed by atoms with Crippen LogP contribution in [0.15, 0.2) is 24.3 Å². The number of hydrogen-bond donors (Lipinski definition) is 0. The average Bonchev–Trinajstić information content (AvgIpc) is 2.37. The fourth-order valence-electron chi connectivity index (χ4n) is 2.45. The molecule has 0 heterocycles. The van der Waals surface area contributed by atoms with Gasteiger partial charge in [-0.15, -0.1) is 0 Å². The third-order valence-electron chi connectivity index (χ3n) is 3.41. The summed E-state index contributed by atoms with van der Waals surface area (Å²) >= 11 is 1.97. The summed E-state index contributed by atoms with van der Waals surface area (Å²) < 4.78 is 0. The van der Waals surface area contributed by atoms with Crippen LogP contribution in [-0.2, 0) is 5.75 Å². The van der Waals surface area contributed by atoms with Crippen molar-refractivity contribution in [3.05, 3.63) is 35.4 Å². The van der Waals surface area contributed by atoms with E-state index in [2.05, 4.69) is 37.3 Å². The molecule has 1 saturated carbocycles. The van der Waals surface area contributed by atoms with Crippen molar-refractivity contribution >= 4 is 11.8 Å². The second kappa shape index (κ2) is 6.12. The fourth-order valence-corrected chi connectivity index (χ4v) is 3.80. The van der Waals surface area contributed by atoms with Crippen LogP contribution in [0.1, 0.15) is 36.8 Å². The van der Waals surface area contributed by atoms with Gasteiger partial charge in [0.25, 0.3) is 0 Å². The van der Waals surface area contributed by atoms with Gasteiger partial charge in [-0.25, -0.2) is 0 Å². The number of thioether (sulfide) groups is 1. The largest absolute Gasteiger partial charge is 0.198 e. The Morgan fingerprint density at radius 2 is 2.18 bits per heavy atom. The van der Waals surface area contributed by atoms with Gasteiger partial charge in [-0.1, -0.05) is 42.7 Å². The summed E-state index contributed by atoms with van der Waals surface area (Å²) in [5.74, 6) is 1.32. The summed E-state index contributed by atoms with van der Waals surface area (Å²) in [6.07, 6.45) is 4.85. The summed E-state index contributed by atoms with van der Waals surface area (Å²) in [4.78, 5) is 0. The first kappa shape index (κ1) is 12.5. The lowest BCUT2D eigenvalue weighted by Crippen LogP contribution is -2.20. The van der Waals surface area contributed by atoms with E-state index in [0.29, 0.717) is 5.25 Å². The molecule has 1 aliphatic rings. The smallest absolute Gasteiger partial charge is 0.0667 e. The van der Waals surface area contributed by atoms with Gasteiger partial charge in [0, 0.05) is 11.0 Å². The molecule has 0 aliphatic heterocycles. The van der Waals surface area contributed by atoms with Crippen LogP contribution in [0.3, 0.4) is 0 Å². The molecule has 1 fully saturated rings. The minimum Gasteiger partial charge on any atom is -0.198 e. The summed E-state index contributed by atoms with van der Waals surface area (Å²) in [5.41, 5.74) is 2.71. The third-order valence-corrected chi connectivity index (χ3v) is 4.91. The first-order valence-corrected chi connectivity index (χ1v) is 7.41. The normalized spacial score (nSPS) is 24.2. The lowest BCUT2D eigenvalue weighted by molar-refractivity contribution is 0.439. The van der Waals surface area contributed by atoms with Gasteiger partial charge in [0.2, 0.25) is 0 Å². The van der Waals surface area contributed by atoms with Gasteiger partial charge in [-0.3, -0.25) is 0 Å². The number of nitriles is 1. The predicted molar refractivity (Wildman–Crippen MR) is 73.8 cm³/mol. The van der Waals surface area contributed by atoms with E-state index in [4.69, 9.17) is 5.26 Å². The van der Waals surface area contributed by atoms with E-state index in [1.54, 1.807) is 0 Å². The van der Waals surface area contributed by atoms with Gasteiger partial charge < -0.3 is 0 Å². The third kappa shape index (κ3) is 3.51. The molecule has 0 N–H and O–H groups in total. The number of benzene rings is 1. The Bertz CT molecular complexity index is 408. The number of hydrogen-bond acceptors (Lipinski definition) is 2. The van der Waals surface area contributed by atoms with Gasteiger partial charge >= 0.3 is 0 Å². The first-order chi connectivity index (χ1) is 8.29. The highest BCUT2D eigenvalue weighted by Gasteiger charge is 2.24. The van der Waals surface area contributed by atoms with Crippen molar-refractivity contribution < 1.29 is 0 Å². The van der Waals surface area contributed by atoms with Crippen molar-refractivity contribution in [1.82, 2.24) is 0 Å². The maximum Gasteiger partial charge on any atom is 0.0667 e. The SMILES string of the molecule is Cc1cccc(CSC2CCCCC2C#N)c1. The summed E-state index contributed by atoms with van der Waals surface area (Å²) in [6, 6.07) is 11.2. The Morgan fingerprint density at radius 1 is 1.35 bits per heavy atom. The molecule has 2 rings (SSSR count). The minimum atomic E-state index is 0.276. The molecule has 0 amide bonds. The Hall–Kier alpha value is -0.940. The van der Waals surface area contributed by atoms with Gasteiger partial charge in [-0.2, -0.15) is 17.0 Å². The van der Waals surface area contributed by atoms with Crippen LogP contribution in [0.25, 0.3) is 0 Å². The van der Waals surface area contributed by atoms with Crippen LogP contribution >= 0.6 is 11.8 Å². The summed E-state index contributed by atoms with van der Waals surface area (Å²) in [6.45, 7) is 2.13. The molecule has 0 bridgehead atoms. The molecule has 2 heteroatoms. The zero-order chi connectivity index (χ0) is 12.1. The molecular weight excluding hydrogens is 226 g/mol. The van der Waals surface area contributed by atoms with Crippen molar-refractivity contribution in [2.24, 2.45) is 5.92 Å². The standard InChI is InChI=1S/C15H19NS/c1-12-5-4-6-13(9-12)11-17-15-8-3-2-7-14(15)10-16/h4-6,9,14-15H,2-3,7-8,11H2,1H3. The lowest BCUT2D eigenvalue weighted by atomic mass is 9.90. The molecule has 90 valence electrons. The molecule has 17 heavy (non-hydrogen) atoms. The topological polar surface area (TPSA) is 23.8 Å². The molecule has 1 nitrogen and oxygen atoms in total. The van der Waals surface area contributed by atoms with Gasteiger partial charge in [-0.05, 0) is 25.3 Å².